The molecule has 1 aliphatic rings. The predicted octanol–water partition coefficient (Wildman–Crippen LogP) is 3.99. The molecule has 1 N–H and O–H groups in total. The summed E-state index contributed by atoms with van der Waals surface area (Å²) >= 11 is 0. The number of amides is 1. The van der Waals surface area contributed by atoms with Crippen LogP contribution < -0.4 is 15.6 Å². The Morgan fingerprint density at radius 3 is 2.56 bits per heavy atom. The standard InChI is InChI=1S/C26H31N3O3/c1-19-8-5-6-16-28(19)17-7-15-27-25(30)24-18-29(20-11-13-21(32-2)14-12-20)26(31)23-10-4-3-9-22(23)24/h3-4,9-14,18-19H,5-8,15-17H2,1-2H3,(H,27,30)/t19-/m0/s1. The molecular formula is C26H31N3O3. The van der Waals surface area contributed by atoms with Crippen LogP contribution in [0.15, 0.2) is 59.5 Å². The van der Waals surface area contributed by atoms with Crippen molar-refractivity contribution in [1.82, 2.24) is 14.8 Å². The molecule has 0 radical (unpaired) electrons. The Hall–Kier alpha value is -3.12. The van der Waals surface area contributed by atoms with Crippen molar-refractivity contribution in [1.29, 1.82) is 0 Å². The molecule has 1 atom stereocenters. The van der Waals surface area contributed by atoms with Gasteiger partial charge in [0.15, 0.2) is 0 Å². The number of fused-ring (bicyclic) bond motifs is 1. The van der Waals surface area contributed by atoms with E-state index >= 15 is 0 Å². The van der Waals surface area contributed by atoms with Crippen molar-refractivity contribution in [2.45, 2.75) is 38.6 Å². The van der Waals surface area contributed by atoms with E-state index in [0.717, 1.165) is 19.5 Å². The highest BCUT2D eigenvalue weighted by Gasteiger charge is 2.18. The Balaban J connectivity index is 1.55. The van der Waals surface area contributed by atoms with E-state index in [9.17, 15) is 9.59 Å². The Morgan fingerprint density at radius 1 is 1.09 bits per heavy atom. The van der Waals surface area contributed by atoms with Gasteiger partial charge in [-0.05, 0) is 63.1 Å². The van der Waals surface area contributed by atoms with Crippen LogP contribution in [0.5, 0.6) is 5.75 Å². The van der Waals surface area contributed by atoms with Crippen LogP contribution in [0, 0.1) is 0 Å². The van der Waals surface area contributed by atoms with Crippen LogP contribution in [0.1, 0.15) is 43.0 Å². The second-order valence-corrected chi connectivity index (χ2v) is 8.45. The zero-order valence-electron chi connectivity index (χ0n) is 18.8. The molecule has 1 saturated heterocycles. The molecule has 0 unspecified atom stereocenters. The zero-order valence-corrected chi connectivity index (χ0v) is 18.8. The normalized spacial score (nSPS) is 16.8. The summed E-state index contributed by atoms with van der Waals surface area (Å²) in [6, 6.07) is 15.1. The number of methoxy groups -OCH3 is 1. The molecule has 0 aliphatic carbocycles. The summed E-state index contributed by atoms with van der Waals surface area (Å²) < 4.78 is 6.75. The van der Waals surface area contributed by atoms with Gasteiger partial charge in [0.2, 0.25) is 0 Å². The summed E-state index contributed by atoms with van der Waals surface area (Å²) in [5, 5.41) is 4.26. The number of carbonyl (C=O) groups excluding carboxylic acids is 1. The van der Waals surface area contributed by atoms with Crippen molar-refractivity contribution in [3.8, 4) is 11.4 Å². The van der Waals surface area contributed by atoms with Gasteiger partial charge in [-0.15, -0.1) is 0 Å². The third kappa shape index (κ3) is 4.70. The molecule has 4 rings (SSSR count). The van der Waals surface area contributed by atoms with E-state index in [1.807, 2.05) is 30.3 Å². The van der Waals surface area contributed by atoms with Crippen LogP contribution in [-0.4, -0.2) is 48.2 Å². The van der Waals surface area contributed by atoms with Gasteiger partial charge in [-0.3, -0.25) is 14.2 Å². The molecule has 1 fully saturated rings. The molecule has 2 heterocycles. The molecule has 1 amide bonds. The molecule has 32 heavy (non-hydrogen) atoms. The van der Waals surface area contributed by atoms with Gasteiger partial charge < -0.3 is 15.0 Å². The zero-order chi connectivity index (χ0) is 22.5. The van der Waals surface area contributed by atoms with Gasteiger partial charge in [0.25, 0.3) is 11.5 Å². The Labute approximate surface area is 188 Å². The number of piperidine rings is 1. The molecule has 6 nitrogen and oxygen atoms in total. The van der Waals surface area contributed by atoms with E-state index in [-0.39, 0.29) is 11.5 Å². The largest absolute Gasteiger partial charge is 0.497 e. The minimum absolute atomic E-state index is 0.151. The lowest BCUT2D eigenvalue weighted by atomic mass is 10.0. The summed E-state index contributed by atoms with van der Waals surface area (Å²) in [6.07, 6.45) is 6.38. The number of carbonyl (C=O) groups is 1. The van der Waals surface area contributed by atoms with Gasteiger partial charge in [0, 0.05) is 41.8 Å². The van der Waals surface area contributed by atoms with Crippen molar-refractivity contribution < 1.29 is 9.53 Å². The number of rotatable bonds is 7. The topological polar surface area (TPSA) is 63.6 Å². The van der Waals surface area contributed by atoms with Crippen LogP contribution in [0.3, 0.4) is 0 Å². The molecule has 1 aliphatic heterocycles. The van der Waals surface area contributed by atoms with E-state index < -0.39 is 0 Å². The molecule has 2 aromatic carbocycles. The van der Waals surface area contributed by atoms with Gasteiger partial charge in [-0.2, -0.15) is 0 Å². The minimum Gasteiger partial charge on any atom is -0.497 e. The highest BCUT2D eigenvalue weighted by Crippen LogP contribution is 2.20. The van der Waals surface area contributed by atoms with Gasteiger partial charge in [0.1, 0.15) is 5.75 Å². The average Bonchev–Trinajstić information content (AvgIpc) is 2.83. The Kier molecular flexibility index (Phi) is 6.90. The molecule has 1 aromatic heterocycles. The average molecular weight is 434 g/mol. The predicted molar refractivity (Wildman–Crippen MR) is 128 cm³/mol. The highest BCUT2D eigenvalue weighted by molar-refractivity contribution is 6.06. The number of pyridine rings is 1. The van der Waals surface area contributed by atoms with Crippen LogP contribution in [0.4, 0.5) is 0 Å². The number of nitrogens with zero attached hydrogens (tertiary/aromatic N) is 2. The van der Waals surface area contributed by atoms with Crippen LogP contribution in [0.25, 0.3) is 16.5 Å². The number of hydrogen-bond acceptors (Lipinski definition) is 4. The summed E-state index contributed by atoms with van der Waals surface area (Å²) in [6.45, 7) is 5.03. The quantitative estimate of drug-likeness (QED) is 0.572. The molecule has 6 heteroatoms. The molecular weight excluding hydrogens is 402 g/mol. The smallest absolute Gasteiger partial charge is 0.262 e. The number of aromatic nitrogens is 1. The summed E-state index contributed by atoms with van der Waals surface area (Å²) in [7, 11) is 1.60. The van der Waals surface area contributed by atoms with Crippen molar-refractivity contribution >= 4 is 16.7 Å². The Bertz CT molecular complexity index is 1140. The maximum Gasteiger partial charge on any atom is 0.262 e. The first kappa shape index (κ1) is 22.1. The lowest BCUT2D eigenvalue weighted by Gasteiger charge is -2.33. The first-order valence-corrected chi connectivity index (χ1v) is 11.4. The molecule has 0 saturated carbocycles. The third-order valence-electron chi connectivity index (χ3n) is 6.37. The summed E-state index contributed by atoms with van der Waals surface area (Å²) in [5.74, 6) is 0.554. The van der Waals surface area contributed by atoms with E-state index in [2.05, 4.69) is 17.1 Å². The van der Waals surface area contributed by atoms with Crippen LogP contribution in [0.2, 0.25) is 0 Å². The number of likely N-dealkylation sites (tertiary alicyclic amines) is 1. The monoisotopic (exact) mass is 433 g/mol. The number of benzene rings is 2. The van der Waals surface area contributed by atoms with E-state index in [4.69, 9.17) is 4.74 Å². The second-order valence-electron chi connectivity index (χ2n) is 8.45. The molecule has 3 aromatic rings. The lowest BCUT2D eigenvalue weighted by Crippen LogP contribution is -2.39. The number of ether oxygens (including phenoxy) is 1. The van der Waals surface area contributed by atoms with E-state index in [0.29, 0.717) is 40.4 Å². The van der Waals surface area contributed by atoms with Gasteiger partial charge in [-0.25, -0.2) is 0 Å². The minimum atomic E-state index is -0.157. The first-order chi connectivity index (χ1) is 15.6. The van der Waals surface area contributed by atoms with Gasteiger partial charge in [-0.1, -0.05) is 24.6 Å². The lowest BCUT2D eigenvalue weighted by molar-refractivity contribution is 0.0950. The number of hydrogen-bond donors (Lipinski definition) is 1. The number of nitrogens with one attached hydrogen (secondary N) is 1. The van der Waals surface area contributed by atoms with E-state index in [1.54, 1.807) is 31.5 Å². The van der Waals surface area contributed by atoms with Crippen molar-refractivity contribution in [3.63, 3.8) is 0 Å². The van der Waals surface area contributed by atoms with Crippen molar-refractivity contribution in [3.05, 3.63) is 70.6 Å². The maximum atomic E-state index is 13.1. The third-order valence-corrected chi connectivity index (χ3v) is 6.37. The molecule has 0 spiro atoms. The molecule has 168 valence electrons. The van der Waals surface area contributed by atoms with Crippen LogP contribution >= 0.6 is 0 Å². The Morgan fingerprint density at radius 2 is 1.84 bits per heavy atom. The second kappa shape index (κ2) is 10.0. The van der Waals surface area contributed by atoms with Crippen molar-refractivity contribution in [2.24, 2.45) is 0 Å². The summed E-state index contributed by atoms with van der Waals surface area (Å²) in [5.41, 5.74) is 1.04. The van der Waals surface area contributed by atoms with Crippen LogP contribution in [-0.2, 0) is 0 Å². The highest BCUT2D eigenvalue weighted by atomic mass is 16.5. The summed E-state index contributed by atoms with van der Waals surface area (Å²) in [4.78, 5) is 28.7. The first-order valence-electron chi connectivity index (χ1n) is 11.4. The fourth-order valence-electron chi connectivity index (χ4n) is 4.48. The fourth-order valence-corrected chi connectivity index (χ4v) is 4.48. The van der Waals surface area contributed by atoms with Crippen molar-refractivity contribution in [2.75, 3.05) is 26.7 Å². The molecule has 0 bridgehead atoms. The fraction of sp³-hybridized carbons (Fsp3) is 0.385. The van der Waals surface area contributed by atoms with Gasteiger partial charge >= 0.3 is 0 Å². The SMILES string of the molecule is COc1ccc(-n2cc(C(=O)NCCCN3CCCC[C@@H]3C)c3ccccc3c2=O)cc1. The maximum absolute atomic E-state index is 13.1. The van der Waals surface area contributed by atoms with E-state index in [1.165, 1.54) is 23.8 Å². The van der Waals surface area contributed by atoms with Gasteiger partial charge in [0.05, 0.1) is 12.7 Å².